The number of benzene rings is 2. The van der Waals surface area contributed by atoms with E-state index >= 15 is 0 Å². The Balaban J connectivity index is 0.00000338. The molecule has 0 radical (unpaired) electrons. The van der Waals surface area contributed by atoms with Crippen LogP contribution in [0.25, 0.3) is 0 Å². The third-order valence-electron chi connectivity index (χ3n) is 4.10. The van der Waals surface area contributed by atoms with Crippen molar-refractivity contribution >= 4 is 35.6 Å². The topological polar surface area (TPSA) is 12.5 Å². The van der Waals surface area contributed by atoms with Crippen LogP contribution in [0.1, 0.15) is 37.8 Å². The highest BCUT2D eigenvalue weighted by Gasteiger charge is 2.05. The van der Waals surface area contributed by atoms with Crippen molar-refractivity contribution in [2.24, 2.45) is 0 Å². The van der Waals surface area contributed by atoms with Crippen molar-refractivity contribution in [3.63, 3.8) is 0 Å². The Bertz CT molecular complexity index is 657. The number of nitrogens with zero attached hydrogens (tertiary/aromatic N) is 1. The molecule has 144 valence electrons. The molecule has 0 N–H and O–H groups in total. The summed E-state index contributed by atoms with van der Waals surface area (Å²) in [6, 6.07) is 13.8. The maximum atomic E-state index is 6.20. The first-order valence-electron chi connectivity index (χ1n) is 9.00. The number of rotatable bonds is 10. The molecule has 0 spiro atoms. The van der Waals surface area contributed by atoms with Crippen LogP contribution in [-0.2, 0) is 13.0 Å². The number of halogens is 3. The third-order valence-corrected chi connectivity index (χ3v) is 4.69. The molecule has 2 nitrogen and oxygen atoms in total. The predicted molar refractivity (Wildman–Crippen MR) is 115 cm³/mol. The smallest absolute Gasteiger partial charge is 0.120 e. The van der Waals surface area contributed by atoms with Gasteiger partial charge in [-0.3, -0.25) is 0 Å². The molecule has 0 aromatic heterocycles. The molecule has 0 aliphatic rings. The van der Waals surface area contributed by atoms with E-state index in [2.05, 4.69) is 36.9 Å². The van der Waals surface area contributed by atoms with Crippen molar-refractivity contribution in [2.75, 3.05) is 19.6 Å². The van der Waals surface area contributed by atoms with Gasteiger partial charge in [0, 0.05) is 22.2 Å². The third kappa shape index (κ3) is 7.75. The predicted octanol–water partition coefficient (Wildman–Crippen LogP) is 6.66. The van der Waals surface area contributed by atoms with Gasteiger partial charge in [-0.05, 0) is 62.2 Å². The Labute approximate surface area is 173 Å². The van der Waals surface area contributed by atoms with Gasteiger partial charge in [0.25, 0.3) is 0 Å². The average molecular weight is 417 g/mol. The van der Waals surface area contributed by atoms with Gasteiger partial charge in [-0.15, -0.1) is 12.4 Å². The van der Waals surface area contributed by atoms with E-state index in [-0.39, 0.29) is 12.4 Å². The molecule has 0 amide bonds. The van der Waals surface area contributed by atoms with Crippen LogP contribution < -0.4 is 4.74 Å². The van der Waals surface area contributed by atoms with Crippen LogP contribution in [0.15, 0.2) is 42.5 Å². The van der Waals surface area contributed by atoms with Crippen LogP contribution in [0.2, 0.25) is 10.0 Å². The normalized spacial score (nSPS) is 10.7. The average Bonchev–Trinajstić information content (AvgIpc) is 2.60. The molecule has 0 saturated heterocycles. The van der Waals surface area contributed by atoms with Crippen molar-refractivity contribution in [2.45, 2.75) is 39.7 Å². The van der Waals surface area contributed by atoms with Crippen LogP contribution in [0.3, 0.4) is 0 Å². The minimum absolute atomic E-state index is 0. The summed E-state index contributed by atoms with van der Waals surface area (Å²) in [6.07, 6.45) is 3.44. The second-order valence-corrected chi connectivity index (χ2v) is 7.11. The van der Waals surface area contributed by atoms with E-state index in [4.69, 9.17) is 27.9 Å². The first-order valence-corrected chi connectivity index (χ1v) is 9.76. The first kappa shape index (κ1) is 23.1. The SMILES string of the molecule is CCCN(CCC)CCc1cccc(OCc2ccc(Cl)cc2Cl)c1.Cl. The summed E-state index contributed by atoms with van der Waals surface area (Å²) in [6.45, 7) is 8.33. The van der Waals surface area contributed by atoms with Gasteiger partial charge >= 0.3 is 0 Å². The summed E-state index contributed by atoms with van der Waals surface area (Å²) in [7, 11) is 0. The quantitative estimate of drug-likeness (QED) is 0.429. The molecule has 0 unspecified atom stereocenters. The first-order chi connectivity index (χ1) is 12.1. The molecular formula is C21H28Cl3NO. The van der Waals surface area contributed by atoms with Crippen LogP contribution in [-0.4, -0.2) is 24.5 Å². The van der Waals surface area contributed by atoms with Crippen molar-refractivity contribution in [3.05, 3.63) is 63.6 Å². The molecule has 0 saturated carbocycles. The van der Waals surface area contributed by atoms with E-state index in [9.17, 15) is 0 Å². The van der Waals surface area contributed by atoms with Crippen molar-refractivity contribution in [3.8, 4) is 5.75 Å². The summed E-state index contributed by atoms with van der Waals surface area (Å²) in [5.41, 5.74) is 2.24. The monoisotopic (exact) mass is 415 g/mol. The summed E-state index contributed by atoms with van der Waals surface area (Å²) < 4.78 is 5.91. The Morgan fingerprint density at radius 2 is 1.65 bits per heavy atom. The van der Waals surface area contributed by atoms with Gasteiger partial charge in [-0.2, -0.15) is 0 Å². The van der Waals surface area contributed by atoms with Gasteiger partial charge < -0.3 is 9.64 Å². The largest absolute Gasteiger partial charge is 0.489 e. The molecule has 0 aliphatic carbocycles. The molecule has 2 aromatic rings. The van der Waals surface area contributed by atoms with E-state index in [1.54, 1.807) is 6.07 Å². The van der Waals surface area contributed by atoms with Crippen molar-refractivity contribution in [1.29, 1.82) is 0 Å². The molecule has 26 heavy (non-hydrogen) atoms. The Kier molecular flexibility index (Phi) is 11.1. The van der Waals surface area contributed by atoms with Gasteiger partial charge in [0.2, 0.25) is 0 Å². The van der Waals surface area contributed by atoms with Gasteiger partial charge in [-0.1, -0.05) is 55.2 Å². The van der Waals surface area contributed by atoms with E-state index < -0.39 is 0 Å². The van der Waals surface area contributed by atoms with Crippen LogP contribution >= 0.6 is 35.6 Å². The number of hydrogen-bond acceptors (Lipinski definition) is 2. The molecule has 2 aromatic carbocycles. The van der Waals surface area contributed by atoms with Crippen LogP contribution in [0, 0.1) is 0 Å². The standard InChI is InChI=1S/C21H27Cl2NO.ClH/c1-3-11-24(12-4-2)13-10-17-6-5-7-20(14-17)25-16-18-8-9-19(22)15-21(18)23;/h5-9,14-15H,3-4,10-13,16H2,1-2H3;1H. The summed E-state index contributed by atoms with van der Waals surface area (Å²) in [4.78, 5) is 2.53. The Morgan fingerprint density at radius 3 is 2.31 bits per heavy atom. The minimum atomic E-state index is 0. The highest BCUT2D eigenvalue weighted by molar-refractivity contribution is 6.35. The molecule has 5 heteroatoms. The maximum absolute atomic E-state index is 6.20. The van der Waals surface area contributed by atoms with Gasteiger partial charge in [0.15, 0.2) is 0 Å². The second-order valence-electron chi connectivity index (χ2n) is 6.26. The lowest BCUT2D eigenvalue weighted by Crippen LogP contribution is -2.27. The fourth-order valence-corrected chi connectivity index (χ4v) is 3.31. The molecule has 0 bridgehead atoms. The Hall–Kier alpha value is -0.930. The maximum Gasteiger partial charge on any atom is 0.120 e. The fourth-order valence-electron chi connectivity index (χ4n) is 2.85. The molecule has 0 atom stereocenters. The molecule has 0 fully saturated rings. The van der Waals surface area contributed by atoms with E-state index in [0.717, 1.165) is 24.3 Å². The van der Waals surface area contributed by atoms with Gasteiger partial charge in [0.1, 0.15) is 12.4 Å². The molecule has 0 aliphatic heterocycles. The zero-order chi connectivity index (χ0) is 18.1. The summed E-state index contributed by atoms with van der Waals surface area (Å²) >= 11 is 12.1. The molecule has 0 heterocycles. The number of ether oxygens (including phenoxy) is 1. The molecule has 2 rings (SSSR count). The summed E-state index contributed by atoms with van der Waals surface area (Å²) in [5, 5.41) is 1.28. The van der Waals surface area contributed by atoms with E-state index in [1.807, 2.05) is 18.2 Å². The zero-order valence-corrected chi connectivity index (χ0v) is 17.8. The highest BCUT2D eigenvalue weighted by Crippen LogP contribution is 2.23. The minimum Gasteiger partial charge on any atom is -0.489 e. The number of hydrogen-bond donors (Lipinski definition) is 0. The molecular weight excluding hydrogens is 389 g/mol. The second kappa shape index (κ2) is 12.5. The summed E-state index contributed by atoms with van der Waals surface area (Å²) in [5.74, 6) is 0.876. The fraction of sp³-hybridized carbons (Fsp3) is 0.429. The van der Waals surface area contributed by atoms with Crippen molar-refractivity contribution < 1.29 is 4.74 Å². The zero-order valence-electron chi connectivity index (χ0n) is 15.5. The highest BCUT2D eigenvalue weighted by atomic mass is 35.5. The van der Waals surface area contributed by atoms with E-state index in [0.29, 0.717) is 16.7 Å². The van der Waals surface area contributed by atoms with Gasteiger partial charge in [-0.25, -0.2) is 0 Å². The van der Waals surface area contributed by atoms with Gasteiger partial charge in [0.05, 0.1) is 0 Å². The van der Waals surface area contributed by atoms with Crippen LogP contribution in [0.4, 0.5) is 0 Å². The lowest BCUT2D eigenvalue weighted by molar-refractivity contribution is 0.277. The Morgan fingerprint density at radius 1 is 0.923 bits per heavy atom. The lowest BCUT2D eigenvalue weighted by Gasteiger charge is -2.21. The van der Waals surface area contributed by atoms with E-state index in [1.165, 1.54) is 31.5 Å². The van der Waals surface area contributed by atoms with Crippen molar-refractivity contribution in [1.82, 2.24) is 4.90 Å². The van der Waals surface area contributed by atoms with Crippen LogP contribution in [0.5, 0.6) is 5.75 Å². The lowest BCUT2D eigenvalue weighted by atomic mass is 10.1.